The maximum atomic E-state index is 12.6. The molecule has 0 spiro atoms. The predicted molar refractivity (Wildman–Crippen MR) is 132 cm³/mol. The number of anilines is 2. The number of halogens is 1. The second-order valence-electron chi connectivity index (χ2n) is 7.52. The van der Waals surface area contributed by atoms with Gasteiger partial charge in [0.15, 0.2) is 0 Å². The van der Waals surface area contributed by atoms with Gasteiger partial charge in [0.2, 0.25) is 11.9 Å². The average molecular weight is 493 g/mol. The largest absolute Gasteiger partial charge is 0.345 e. The molecular formula is C23H17ClN6O5. The van der Waals surface area contributed by atoms with Crippen molar-refractivity contribution in [1.82, 2.24) is 9.97 Å². The zero-order valence-electron chi connectivity index (χ0n) is 18.2. The molecule has 2 N–H and O–H groups in total. The summed E-state index contributed by atoms with van der Waals surface area (Å²) in [5.74, 6) is -0.502. The van der Waals surface area contributed by atoms with Gasteiger partial charge in [-0.15, -0.1) is 0 Å². The minimum atomic E-state index is -0.859. The third kappa shape index (κ3) is 5.14. The zero-order chi connectivity index (χ0) is 25.1. The lowest BCUT2D eigenvalue weighted by Gasteiger charge is -2.12. The van der Waals surface area contributed by atoms with E-state index in [0.29, 0.717) is 11.2 Å². The van der Waals surface area contributed by atoms with E-state index < -0.39 is 27.1 Å². The number of aryl methyl sites for hydroxylation is 1. The van der Waals surface area contributed by atoms with E-state index in [0.717, 1.165) is 28.6 Å². The first-order valence-electron chi connectivity index (χ1n) is 10.2. The van der Waals surface area contributed by atoms with Crippen molar-refractivity contribution < 1.29 is 14.6 Å². The van der Waals surface area contributed by atoms with Crippen LogP contribution in [-0.4, -0.2) is 32.3 Å². The van der Waals surface area contributed by atoms with Crippen LogP contribution < -0.4 is 10.6 Å². The minimum absolute atomic E-state index is 0.180. The number of fused-ring (bicyclic) bond motifs is 1. The fourth-order valence-corrected chi connectivity index (χ4v) is 3.69. The van der Waals surface area contributed by atoms with E-state index in [9.17, 15) is 25.0 Å². The first kappa shape index (κ1) is 23.5. The van der Waals surface area contributed by atoms with Gasteiger partial charge in [-0.25, -0.2) is 9.97 Å². The van der Waals surface area contributed by atoms with E-state index in [1.165, 1.54) is 0 Å². The van der Waals surface area contributed by atoms with Crippen LogP contribution in [0.2, 0.25) is 5.02 Å². The van der Waals surface area contributed by atoms with Gasteiger partial charge in [0.05, 0.1) is 38.7 Å². The Hall–Kier alpha value is -4.64. The van der Waals surface area contributed by atoms with Gasteiger partial charge in [-0.1, -0.05) is 53.6 Å². The lowest BCUT2D eigenvalue weighted by molar-refractivity contribution is -0.393. The number of amides is 1. The number of nitrogens with zero attached hydrogens (tertiary/aromatic N) is 4. The number of carbonyl (C=O) groups is 1. The predicted octanol–water partition coefficient (Wildman–Crippen LogP) is 5.13. The van der Waals surface area contributed by atoms with Crippen LogP contribution in [0.25, 0.3) is 22.2 Å². The summed E-state index contributed by atoms with van der Waals surface area (Å²) < 4.78 is 0. The van der Waals surface area contributed by atoms with Crippen LogP contribution >= 0.6 is 11.6 Å². The number of benzene rings is 3. The normalized spacial score (nSPS) is 10.7. The molecule has 0 fully saturated rings. The second-order valence-corrected chi connectivity index (χ2v) is 7.93. The standard InChI is InChI=1S/C23H17ClN6O5/c1-13-7-8-18-16(9-13)21(14-5-3-2-4-6-14)28-23(26-18)25-12-20(31)27-22-17(24)10-15(29(32)33)11-19(22)30(34)35/h2-11H,12H2,1H3,(H,27,31)(H,25,26,28). The summed E-state index contributed by atoms with van der Waals surface area (Å²) in [7, 11) is 0. The summed E-state index contributed by atoms with van der Waals surface area (Å²) in [5, 5.41) is 28.0. The van der Waals surface area contributed by atoms with Gasteiger partial charge in [0.25, 0.3) is 5.69 Å². The maximum absolute atomic E-state index is 12.6. The Balaban J connectivity index is 1.60. The van der Waals surface area contributed by atoms with Crippen molar-refractivity contribution in [1.29, 1.82) is 0 Å². The van der Waals surface area contributed by atoms with Gasteiger partial charge in [-0.2, -0.15) is 0 Å². The van der Waals surface area contributed by atoms with Crippen molar-refractivity contribution in [2.75, 3.05) is 17.2 Å². The number of nitro groups is 2. The number of aromatic nitrogens is 2. The van der Waals surface area contributed by atoms with Gasteiger partial charge in [0, 0.05) is 17.0 Å². The van der Waals surface area contributed by atoms with Crippen molar-refractivity contribution in [3.63, 3.8) is 0 Å². The molecule has 0 unspecified atom stereocenters. The van der Waals surface area contributed by atoms with E-state index in [1.807, 2.05) is 55.5 Å². The monoisotopic (exact) mass is 492 g/mol. The molecule has 176 valence electrons. The molecule has 0 atom stereocenters. The average Bonchev–Trinajstić information content (AvgIpc) is 2.83. The Labute approximate surface area is 203 Å². The quantitative estimate of drug-likeness (QED) is 0.266. The Morgan fingerprint density at radius 1 is 1.00 bits per heavy atom. The Morgan fingerprint density at radius 3 is 2.43 bits per heavy atom. The number of hydrogen-bond donors (Lipinski definition) is 2. The number of hydrogen-bond acceptors (Lipinski definition) is 8. The van der Waals surface area contributed by atoms with Crippen molar-refractivity contribution >= 4 is 51.4 Å². The number of nitro benzene ring substituents is 2. The van der Waals surface area contributed by atoms with Crippen molar-refractivity contribution in [2.24, 2.45) is 0 Å². The molecule has 1 aromatic heterocycles. The SMILES string of the molecule is Cc1ccc2nc(NCC(=O)Nc3c(Cl)cc([N+](=O)[O-])cc3[N+](=O)[O-])nc(-c3ccccc3)c2c1. The zero-order valence-corrected chi connectivity index (χ0v) is 18.9. The van der Waals surface area contributed by atoms with Crippen LogP contribution in [0.4, 0.5) is 23.0 Å². The fraction of sp³-hybridized carbons (Fsp3) is 0.0870. The molecule has 35 heavy (non-hydrogen) atoms. The smallest absolute Gasteiger partial charge is 0.301 e. The Morgan fingerprint density at radius 2 is 1.74 bits per heavy atom. The molecule has 0 aliphatic rings. The molecule has 1 heterocycles. The summed E-state index contributed by atoms with van der Waals surface area (Å²) in [6, 6.07) is 16.9. The van der Waals surface area contributed by atoms with Gasteiger partial charge < -0.3 is 10.6 Å². The van der Waals surface area contributed by atoms with E-state index >= 15 is 0 Å². The third-order valence-electron chi connectivity index (χ3n) is 5.03. The molecule has 0 saturated heterocycles. The summed E-state index contributed by atoms with van der Waals surface area (Å²) in [5.41, 5.74) is 1.66. The van der Waals surface area contributed by atoms with Crippen molar-refractivity contribution in [3.05, 3.63) is 91.5 Å². The summed E-state index contributed by atoms with van der Waals surface area (Å²) in [6.45, 7) is 1.63. The van der Waals surface area contributed by atoms with Crippen molar-refractivity contribution in [3.8, 4) is 11.3 Å². The van der Waals surface area contributed by atoms with Gasteiger partial charge in [-0.05, 0) is 19.1 Å². The lowest BCUT2D eigenvalue weighted by Crippen LogP contribution is -2.23. The highest BCUT2D eigenvalue weighted by atomic mass is 35.5. The van der Waals surface area contributed by atoms with Gasteiger partial charge >= 0.3 is 5.69 Å². The topological polar surface area (TPSA) is 153 Å². The van der Waals surface area contributed by atoms with E-state index in [-0.39, 0.29) is 23.2 Å². The van der Waals surface area contributed by atoms with Crippen molar-refractivity contribution in [2.45, 2.75) is 6.92 Å². The molecule has 0 aliphatic carbocycles. The molecule has 0 radical (unpaired) electrons. The van der Waals surface area contributed by atoms with Crippen LogP contribution in [0, 0.1) is 27.2 Å². The molecule has 1 amide bonds. The van der Waals surface area contributed by atoms with Crippen LogP contribution in [0.5, 0.6) is 0 Å². The number of non-ortho nitro benzene ring substituents is 1. The first-order chi connectivity index (χ1) is 16.7. The molecule has 3 aromatic carbocycles. The highest BCUT2D eigenvalue weighted by Crippen LogP contribution is 2.36. The Kier molecular flexibility index (Phi) is 6.51. The molecule has 11 nitrogen and oxygen atoms in total. The van der Waals surface area contributed by atoms with E-state index in [1.54, 1.807) is 0 Å². The van der Waals surface area contributed by atoms with Gasteiger partial charge in [0.1, 0.15) is 5.69 Å². The molecule has 4 aromatic rings. The molecule has 4 rings (SSSR count). The molecule has 0 aliphatic heterocycles. The number of carbonyl (C=O) groups excluding carboxylic acids is 1. The highest BCUT2D eigenvalue weighted by molar-refractivity contribution is 6.34. The molecule has 12 heteroatoms. The number of rotatable bonds is 7. The minimum Gasteiger partial charge on any atom is -0.345 e. The molecule has 0 saturated carbocycles. The summed E-state index contributed by atoms with van der Waals surface area (Å²) >= 11 is 5.98. The van der Waals surface area contributed by atoms with E-state index in [4.69, 9.17) is 11.6 Å². The first-order valence-corrected chi connectivity index (χ1v) is 10.6. The molecule has 0 bridgehead atoms. The summed E-state index contributed by atoms with van der Waals surface area (Å²) in [4.78, 5) is 42.3. The number of nitrogens with one attached hydrogen (secondary N) is 2. The second kappa shape index (κ2) is 9.69. The lowest BCUT2D eigenvalue weighted by atomic mass is 10.0. The summed E-state index contributed by atoms with van der Waals surface area (Å²) in [6.07, 6.45) is 0. The highest BCUT2D eigenvalue weighted by Gasteiger charge is 2.25. The Bertz CT molecular complexity index is 1480. The van der Waals surface area contributed by atoms with Crippen LogP contribution in [0.15, 0.2) is 60.7 Å². The van der Waals surface area contributed by atoms with Gasteiger partial charge in [-0.3, -0.25) is 25.0 Å². The third-order valence-corrected chi connectivity index (χ3v) is 5.33. The fourth-order valence-electron chi connectivity index (χ4n) is 3.43. The maximum Gasteiger partial charge on any atom is 0.301 e. The van der Waals surface area contributed by atoms with E-state index in [2.05, 4.69) is 20.6 Å². The molecular weight excluding hydrogens is 476 g/mol. The van der Waals surface area contributed by atoms with Crippen LogP contribution in [0.1, 0.15) is 5.56 Å². The van der Waals surface area contributed by atoms with Crippen LogP contribution in [0.3, 0.4) is 0 Å². The van der Waals surface area contributed by atoms with Crippen LogP contribution in [-0.2, 0) is 4.79 Å².